The molecule has 0 atom stereocenters. The second-order valence-electron chi connectivity index (χ2n) is 2.67. The smallest absolute Gasteiger partial charge is 0.241 e. The topological polar surface area (TPSA) is 20.3 Å². The Balaban J connectivity index is 3.00. The molecule has 2 radical (unpaired) electrons. The van der Waals surface area contributed by atoms with Crippen LogP contribution >= 0.6 is 0 Å². The molecule has 0 aromatic heterocycles. The van der Waals surface area contributed by atoms with Gasteiger partial charge in [0, 0.05) is 12.1 Å². The molecule has 1 aliphatic rings. The molecule has 1 rings (SSSR count). The van der Waals surface area contributed by atoms with E-state index in [2.05, 4.69) is 13.2 Å². The molecule has 1 heterocycles. The van der Waals surface area contributed by atoms with Gasteiger partial charge in [0.25, 0.3) is 0 Å². The summed E-state index contributed by atoms with van der Waals surface area (Å²) in [6.45, 7) is 7.57. The molecule has 0 fully saturated rings. The van der Waals surface area contributed by atoms with E-state index in [9.17, 15) is 4.79 Å². The number of hydrogen-bond donors (Lipinski definition) is 0. The van der Waals surface area contributed by atoms with Crippen LogP contribution in [0.5, 0.6) is 0 Å². The van der Waals surface area contributed by atoms with Crippen LogP contribution in [0, 0.1) is 0 Å². The first-order valence-corrected chi connectivity index (χ1v) is 3.92. The van der Waals surface area contributed by atoms with E-state index < -0.39 is 0 Å². The van der Waals surface area contributed by atoms with Crippen molar-refractivity contribution >= 4 is 13.9 Å². The van der Waals surface area contributed by atoms with Gasteiger partial charge >= 0.3 is 0 Å². The summed E-state index contributed by atoms with van der Waals surface area (Å²) in [6.07, 6.45) is 6.66. The third-order valence-corrected chi connectivity index (χ3v) is 1.82. The highest BCUT2D eigenvalue weighted by atomic mass is 16.2. The molecule has 0 bridgehead atoms. The van der Waals surface area contributed by atoms with Crippen LogP contribution in [-0.4, -0.2) is 25.2 Å². The van der Waals surface area contributed by atoms with E-state index in [-0.39, 0.29) is 5.91 Å². The van der Waals surface area contributed by atoms with Gasteiger partial charge in [-0.15, -0.1) is 0 Å². The van der Waals surface area contributed by atoms with E-state index in [4.69, 9.17) is 7.98 Å². The van der Waals surface area contributed by atoms with Crippen molar-refractivity contribution in [1.29, 1.82) is 0 Å². The molecule has 13 heavy (non-hydrogen) atoms. The molecule has 2 nitrogen and oxygen atoms in total. The van der Waals surface area contributed by atoms with Crippen LogP contribution in [0.3, 0.4) is 0 Å². The van der Waals surface area contributed by atoms with Crippen LogP contribution < -0.4 is 0 Å². The average Bonchev–Trinajstić information content (AvgIpc) is 2.40. The van der Waals surface area contributed by atoms with Crippen molar-refractivity contribution in [2.45, 2.75) is 0 Å². The molecule has 0 N–H and O–H groups in total. The van der Waals surface area contributed by atoms with Gasteiger partial charge in [-0.1, -0.05) is 31.4 Å². The Kier molecular flexibility index (Phi) is 2.90. The number of allylic oxidation sites excluding steroid dienone is 2. The van der Waals surface area contributed by atoms with Crippen molar-refractivity contribution < 1.29 is 4.79 Å². The molecule has 3 heteroatoms. The highest BCUT2D eigenvalue weighted by molar-refractivity contribution is 6.20. The highest BCUT2D eigenvalue weighted by Crippen LogP contribution is 2.18. The summed E-state index contributed by atoms with van der Waals surface area (Å²) in [5, 5.41) is 0. The van der Waals surface area contributed by atoms with E-state index in [0.29, 0.717) is 12.1 Å². The van der Waals surface area contributed by atoms with Crippen LogP contribution in [-0.2, 0) is 4.79 Å². The summed E-state index contributed by atoms with van der Waals surface area (Å²) in [7, 11) is 5.44. The fraction of sp³-hybridized carbons (Fsp3) is 0.100. The maximum Gasteiger partial charge on any atom is 0.241 e. The van der Waals surface area contributed by atoms with E-state index in [1.807, 2.05) is 0 Å². The number of hydrogen-bond acceptors (Lipinski definition) is 1. The zero-order chi connectivity index (χ0) is 9.84. The molecule has 0 aliphatic carbocycles. The van der Waals surface area contributed by atoms with Crippen LogP contribution in [0.15, 0.2) is 48.6 Å². The first kappa shape index (κ1) is 9.58. The molecule has 0 unspecified atom stereocenters. The van der Waals surface area contributed by atoms with Crippen molar-refractivity contribution in [3.63, 3.8) is 0 Å². The minimum absolute atomic E-state index is 0.173. The molecule has 0 spiro atoms. The van der Waals surface area contributed by atoms with Gasteiger partial charge in [0.1, 0.15) is 0 Å². The fourth-order valence-electron chi connectivity index (χ4n) is 1.15. The van der Waals surface area contributed by atoms with Gasteiger partial charge in [-0.2, -0.15) is 0 Å². The van der Waals surface area contributed by atoms with E-state index in [1.165, 1.54) is 4.81 Å². The lowest BCUT2D eigenvalue weighted by Crippen LogP contribution is -2.23. The second kappa shape index (κ2) is 3.94. The average molecular weight is 171 g/mol. The third kappa shape index (κ3) is 1.80. The van der Waals surface area contributed by atoms with Crippen molar-refractivity contribution in [3.8, 4) is 0 Å². The zero-order valence-electron chi connectivity index (χ0n) is 7.36. The third-order valence-electron chi connectivity index (χ3n) is 1.82. The van der Waals surface area contributed by atoms with Gasteiger partial charge < -0.3 is 4.81 Å². The fourth-order valence-corrected chi connectivity index (χ4v) is 1.15. The molecular formula is C10H10BNO. The highest BCUT2D eigenvalue weighted by Gasteiger charge is 2.22. The van der Waals surface area contributed by atoms with Crippen molar-refractivity contribution in [1.82, 2.24) is 4.81 Å². The summed E-state index contributed by atoms with van der Waals surface area (Å²) >= 11 is 0. The normalized spacial score (nSPS) is 17.2. The van der Waals surface area contributed by atoms with Gasteiger partial charge in [0.15, 0.2) is 0 Å². The lowest BCUT2D eigenvalue weighted by Gasteiger charge is -2.07. The first-order chi connectivity index (χ1) is 6.20. The molecular weight excluding hydrogens is 161 g/mol. The monoisotopic (exact) mass is 171 g/mol. The molecule has 0 aromatic rings. The maximum atomic E-state index is 11.4. The van der Waals surface area contributed by atoms with E-state index >= 15 is 0 Å². The van der Waals surface area contributed by atoms with Crippen molar-refractivity contribution in [2.24, 2.45) is 0 Å². The summed E-state index contributed by atoms with van der Waals surface area (Å²) in [4.78, 5) is 12.6. The Hall–Kier alpha value is -1.51. The lowest BCUT2D eigenvalue weighted by molar-refractivity contribution is -0.121. The van der Waals surface area contributed by atoms with Gasteiger partial charge in [-0.3, -0.25) is 4.79 Å². The number of carbonyl (C=O) groups is 1. The number of carbonyl (C=O) groups excluding carboxylic acids is 1. The Morgan fingerprint density at radius 2 is 2.15 bits per heavy atom. The predicted molar refractivity (Wildman–Crippen MR) is 54.0 cm³/mol. The molecule has 0 saturated carbocycles. The van der Waals surface area contributed by atoms with Gasteiger partial charge in [0.05, 0.1) is 0 Å². The predicted octanol–water partition coefficient (Wildman–Crippen LogP) is 1.14. The summed E-state index contributed by atoms with van der Waals surface area (Å²) < 4.78 is 0. The Labute approximate surface area is 79.4 Å². The van der Waals surface area contributed by atoms with Crippen molar-refractivity contribution in [3.05, 3.63) is 48.6 Å². The largest absolute Gasteiger partial charge is 0.389 e. The van der Waals surface area contributed by atoms with Gasteiger partial charge in [-0.25, -0.2) is 0 Å². The van der Waals surface area contributed by atoms with Gasteiger partial charge in [-0.05, 0) is 11.6 Å². The first-order valence-electron chi connectivity index (χ1n) is 3.92. The van der Waals surface area contributed by atoms with Crippen LogP contribution in [0.4, 0.5) is 0 Å². The Morgan fingerprint density at radius 1 is 1.46 bits per heavy atom. The van der Waals surface area contributed by atoms with Crippen LogP contribution in [0.2, 0.25) is 0 Å². The quantitative estimate of drug-likeness (QED) is 0.460. The van der Waals surface area contributed by atoms with Gasteiger partial charge in [0.2, 0.25) is 13.9 Å². The molecule has 0 saturated heterocycles. The Morgan fingerprint density at radius 3 is 2.69 bits per heavy atom. The standard InChI is InChI=1S/C10H10BNO/c1-3-5-6-9-8(4-2)7-12(11)10(9)13/h3-6H,1-2,7H2/b6-5-. The maximum absolute atomic E-state index is 11.4. The molecule has 64 valence electrons. The Bertz CT molecular complexity index is 315. The summed E-state index contributed by atoms with van der Waals surface area (Å²) in [5.74, 6) is -0.173. The number of rotatable bonds is 3. The SMILES string of the molecule is [B]N1CC(C=C)=C(/C=C\C=C)C1=O. The van der Waals surface area contributed by atoms with E-state index in [0.717, 1.165) is 5.57 Å². The molecule has 0 aromatic carbocycles. The van der Waals surface area contributed by atoms with E-state index in [1.54, 1.807) is 24.3 Å². The summed E-state index contributed by atoms with van der Waals surface area (Å²) in [5.41, 5.74) is 1.45. The minimum atomic E-state index is -0.173. The number of amides is 1. The van der Waals surface area contributed by atoms with Crippen molar-refractivity contribution in [2.75, 3.05) is 6.54 Å². The van der Waals surface area contributed by atoms with Crippen LogP contribution in [0.1, 0.15) is 0 Å². The summed E-state index contributed by atoms with van der Waals surface area (Å²) in [6, 6.07) is 0. The second-order valence-corrected chi connectivity index (χ2v) is 2.67. The zero-order valence-corrected chi connectivity index (χ0v) is 7.36. The molecule has 1 amide bonds. The minimum Gasteiger partial charge on any atom is -0.389 e. The lowest BCUT2D eigenvalue weighted by atomic mass is 10.1. The number of nitrogens with zero attached hydrogens (tertiary/aromatic N) is 1. The van der Waals surface area contributed by atoms with Crippen LogP contribution in [0.25, 0.3) is 0 Å². The molecule has 1 aliphatic heterocycles.